The molecule has 9 heteroatoms. The molecule has 3 fully saturated rings. The second-order valence-corrected chi connectivity index (χ2v) is 12.6. The van der Waals surface area contributed by atoms with Crippen LogP contribution in [-0.2, 0) is 25.5 Å². The number of fused-ring (bicyclic) bond motifs is 1. The van der Waals surface area contributed by atoms with Crippen molar-refractivity contribution in [3.63, 3.8) is 0 Å². The molecular weight excluding hydrogens is 602 g/mol. The van der Waals surface area contributed by atoms with Crippen molar-refractivity contribution in [2.75, 3.05) is 29.5 Å². The quantitative estimate of drug-likeness (QED) is 0.280. The normalized spacial score (nSPS) is 25.2. The van der Waals surface area contributed by atoms with Crippen molar-refractivity contribution in [2.24, 2.45) is 11.8 Å². The second-order valence-electron chi connectivity index (χ2n) is 12.1. The van der Waals surface area contributed by atoms with Gasteiger partial charge in [-0.25, -0.2) is 0 Å². The summed E-state index contributed by atoms with van der Waals surface area (Å²) < 4.78 is 6.73. The fourth-order valence-electron chi connectivity index (χ4n) is 7.64. The lowest BCUT2D eigenvalue weighted by Crippen LogP contribution is -2.59. The lowest BCUT2D eigenvalue weighted by atomic mass is 9.70. The SMILES string of the molecule is C=CCN(C(=O)C1N([C@@H](CO)Cc2ccccc2)C(=O)[C@@H]2[C@@H](C(=O)N(CC=C)c3ccccc3)[C@H]3CCC12O3)c1ccc(Cl)cc1. The molecule has 3 aliphatic heterocycles. The number of amides is 3. The molecule has 0 aliphatic carbocycles. The largest absolute Gasteiger partial charge is 0.394 e. The molecule has 3 aromatic rings. The maximum Gasteiger partial charge on any atom is 0.253 e. The topological polar surface area (TPSA) is 90.4 Å². The van der Waals surface area contributed by atoms with E-state index in [1.807, 2.05) is 60.7 Å². The lowest BCUT2D eigenvalue weighted by molar-refractivity contribution is -0.144. The Morgan fingerprint density at radius 2 is 1.52 bits per heavy atom. The van der Waals surface area contributed by atoms with Gasteiger partial charge in [-0.1, -0.05) is 72.3 Å². The molecule has 1 N–H and O–H groups in total. The first-order chi connectivity index (χ1) is 22.3. The summed E-state index contributed by atoms with van der Waals surface area (Å²) in [7, 11) is 0. The zero-order valence-corrected chi connectivity index (χ0v) is 26.3. The van der Waals surface area contributed by atoms with Gasteiger partial charge in [0.25, 0.3) is 5.91 Å². The molecule has 1 spiro atoms. The van der Waals surface area contributed by atoms with Crippen LogP contribution >= 0.6 is 11.6 Å². The van der Waals surface area contributed by atoms with Gasteiger partial charge in [0.1, 0.15) is 11.6 Å². The molecule has 2 bridgehead atoms. The predicted molar refractivity (Wildman–Crippen MR) is 178 cm³/mol. The van der Waals surface area contributed by atoms with Crippen molar-refractivity contribution < 1.29 is 24.2 Å². The maximum atomic E-state index is 14.9. The Morgan fingerprint density at radius 1 is 0.935 bits per heavy atom. The van der Waals surface area contributed by atoms with Gasteiger partial charge in [0, 0.05) is 29.5 Å². The molecule has 0 aromatic heterocycles. The number of para-hydroxylation sites is 1. The zero-order valence-electron chi connectivity index (χ0n) is 25.6. The Morgan fingerprint density at radius 3 is 2.13 bits per heavy atom. The van der Waals surface area contributed by atoms with Crippen LogP contribution in [0.15, 0.2) is 110 Å². The number of aliphatic hydroxyl groups is 1. The van der Waals surface area contributed by atoms with Crippen LogP contribution in [0.5, 0.6) is 0 Å². The first-order valence-corrected chi connectivity index (χ1v) is 16.0. The van der Waals surface area contributed by atoms with Gasteiger partial charge in [-0.3, -0.25) is 14.4 Å². The van der Waals surface area contributed by atoms with E-state index >= 15 is 0 Å². The summed E-state index contributed by atoms with van der Waals surface area (Å²) in [5.41, 5.74) is 0.948. The van der Waals surface area contributed by atoms with Gasteiger partial charge in [-0.05, 0) is 61.2 Å². The van der Waals surface area contributed by atoms with Crippen LogP contribution in [0.2, 0.25) is 5.02 Å². The van der Waals surface area contributed by atoms with Gasteiger partial charge < -0.3 is 24.5 Å². The Hall–Kier alpha value is -4.24. The number of anilines is 2. The van der Waals surface area contributed by atoms with Gasteiger partial charge >= 0.3 is 0 Å². The number of likely N-dealkylation sites (tertiary alicyclic amines) is 1. The highest BCUT2D eigenvalue weighted by Crippen LogP contribution is 2.59. The van der Waals surface area contributed by atoms with E-state index in [4.69, 9.17) is 16.3 Å². The summed E-state index contributed by atoms with van der Waals surface area (Å²) in [5.74, 6) is -2.65. The Balaban J connectivity index is 1.45. The minimum atomic E-state index is -1.24. The molecule has 3 saturated heterocycles. The molecule has 0 saturated carbocycles. The van der Waals surface area contributed by atoms with Crippen LogP contribution in [-0.4, -0.2) is 71.2 Å². The summed E-state index contributed by atoms with van der Waals surface area (Å²) in [6, 6.07) is 23.9. The van der Waals surface area contributed by atoms with Crippen molar-refractivity contribution in [3.05, 3.63) is 121 Å². The first-order valence-electron chi connectivity index (χ1n) is 15.6. The van der Waals surface area contributed by atoms with Gasteiger partial charge in [0.05, 0.1) is 30.6 Å². The van der Waals surface area contributed by atoms with Crippen molar-refractivity contribution >= 4 is 40.7 Å². The number of nitrogens with zero attached hydrogens (tertiary/aromatic N) is 3. The van der Waals surface area contributed by atoms with Crippen LogP contribution in [0.25, 0.3) is 0 Å². The van der Waals surface area contributed by atoms with E-state index in [1.54, 1.807) is 46.2 Å². The number of aliphatic hydroxyl groups excluding tert-OH is 1. The highest BCUT2D eigenvalue weighted by Gasteiger charge is 2.75. The van der Waals surface area contributed by atoms with E-state index in [0.717, 1.165) is 5.56 Å². The summed E-state index contributed by atoms with van der Waals surface area (Å²) in [4.78, 5) is 48.9. The molecule has 8 nitrogen and oxygen atoms in total. The zero-order chi connectivity index (χ0) is 32.4. The lowest BCUT2D eigenvalue weighted by Gasteiger charge is -2.39. The molecule has 3 heterocycles. The number of rotatable bonds is 12. The summed E-state index contributed by atoms with van der Waals surface area (Å²) >= 11 is 6.17. The third-order valence-electron chi connectivity index (χ3n) is 9.54. The average Bonchev–Trinajstić information content (AvgIpc) is 3.73. The van der Waals surface area contributed by atoms with Crippen LogP contribution in [0.1, 0.15) is 18.4 Å². The van der Waals surface area contributed by atoms with Crippen molar-refractivity contribution in [2.45, 2.75) is 43.1 Å². The molecule has 3 amide bonds. The Labute approximate surface area is 274 Å². The molecule has 6 atom stereocenters. The molecular formula is C37H38ClN3O5. The molecule has 2 unspecified atom stereocenters. The highest BCUT2D eigenvalue weighted by atomic mass is 35.5. The Kier molecular flexibility index (Phi) is 9.13. The number of ether oxygens (including phenoxy) is 1. The molecule has 3 aromatic carbocycles. The number of carbonyl (C=O) groups is 3. The van der Waals surface area contributed by atoms with Crippen LogP contribution in [0, 0.1) is 11.8 Å². The number of carbonyl (C=O) groups excluding carboxylic acids is 3. The van der Waals surface area contributed by atoms with Crippen LogP contribution in [0.4, 0.5) is 11.4 Å². The van der Waals surface area contributed by atoms with Gasteiger partial charge in [0.2, 0.25) is 11.8 Å². The fourth-order valence-corrected chi connectivity index (χ4v) is 7.77. The van der Waals surface area contributed by atoms with E-state index in [-0.39, 0.29) is 37.4 Å². The van der Waals surface area contributed by atoms with Crippen LogP contribution < -0.4 is 9.80 Å². The number of halogens is 1. The highest BCUT2D eigenvalue weighted by molar-refractivity contribution is 6.30. The average molecular weight is 640 g/mol. The van der Waals surface area contributed by atoms with E-state index in [9.17, 15) is 19.5 Å². The predicted octanol–water partition coefficient (Wildman–Crippen LogP) is 5.06. The standard InChI is InChI=1S/C37H38ClN3O5/c1-3-21-39(27-13-9-6-10-14-27)34(43)31-30-19-20-37(46-30)32(31)35(44)41(29(24-42)23-25-11-7-5-8-12-25)33(37)36(45)40(22-4-2)28-17-15-26(38)16-18-28/h3-18,29-33,42H,1-2,19-24H2/t29-,30-,31+,32+,33?,37?/m1/s1. The number of hydrogen-bond acceptors (Lipinski definition) is 5. The number of hydrogen-bond donors (Lipinski definition) is 1. The minimum absolute atomic E-state index is 0.176. The van der Waals surface area contributed by atoms with Crippen molar-refractivity contribution in [3.8, 4) is 0 Å². The smallest absolute Gasteiger partial charge is 0.253 e. The first kappa shape index (κ1) is 31.7. The van der Waals surface area contributed by atoms with Crippen molar-refractivity contribution in [1.82, 2.24) is 4.90 Å². The Bertz CT molecular complexity index is 1600. The van der Waals surface area contributed by atoms with Crippen LogP contribution in [0.3, 0.4) is 0 Å². The monoisotopic (exact) mass is 639 g/mol. The van der Waals surface area contributed by atoms with E-state index in [1.165, 1.54) is 4.90 Å². The van der Waals surface area contributed by atoms with Gasteiger partial charge in [-0.2, -0.15) is 0 Å². The molecule has 46 heavy (non-hydrogen) atoms. The minimum Gasteiger partial charge on any atom is -0.394 e. The second kappa shape index (κ2) is 13.2. The third-order valence-corrected chi connectivity index (χ3v) is 9.79. The molecule has 3 aliphatic rings. The summed E-state index contributed by atoms with van der Waals surface area (Å²) in [5, 5.41) is 11.3. The van der Waals surface area contributed by atoms with E-state index in [2.05, 4.69) is 13.2 Å². The fraction of sp³-hybridized carbons (Fsp3) is 0.324. The summed E-state index contributed by atoms with van der Waals surface area (Å²) in [6.45, 7) is 7.80. The maximum absolute atomic E-state index is 14.9. The molecule has 238 valence electrons. The number of benzene rings is 3. The van der Waals surface area contributed by atoms with Crippen molar-refractivity contribution in [1.29, 1.82) is 0 Å². The summed E-state index contributed by atoms with van der Waals surface area (Å²) in [6.07, 6.45) is 4.04. The van der Waals surface area contributed by atoms with E-state index < -0.39 is 35.6 Å². The molecule has 6 rings (SSSR count). The molecule has 0 radical (unpaired) electrons. The van der Waals surface area contributed by atoms with E-state index in [0.29, 0.717) is 35.7 Å². The van der Waals surface area contributed by atoms with Gasteiger partial charge in [-0.15, -0.1) is 13.2 Å². The van der Waals surface area contributed by atoms with Gasteiger partial charge in [0.15, 0.2) is 0 Å². The third kappa shape index (κ3) is 5.44.